The van der Waals surface area contributed by atoms with E-state index in [0.29, 0.717) is 12.0 Å². The van der Waals surface area contributed by atoms with Gasteiger partial charge in [0.05, 0.1) is 12.6 Å². The average molecular weight is 300 g/mol. The van der Waals surface area contributed by atoms with Crippen molar-refractivity contribution >= 4 is 11.9 Å². The average Bonchev–Trinajstić information content (AvgIpc) is 3.20. The van der Waals surface area contributed by atoms with Gasteiger partial charge in [0, 0.05) is 30.8 Å². The minimum Gasteiger partial charge on any atom is -0.293 e. The molecule has 1 saturated heterocycles. The summed E-state index contributed by atoms with van der Waals surface area (Å²) < 4.78 is 1.92. The first kappa shape index (κ1) is 14.6. The van der Waals surface area contributed by atoms with E-state index in [0.717, 1.165) is 25.9 Å². The Balaban J connectivity index is 1.62. The molecular formula is C15H20N6O. The summed E-state index contributed by atoms with van der Waals surface area (Å²) in [7, 11) is 0. The summed E-state index contributed by atoms with van der Waals surface area (Å²) in [5.74, 6) is 0.278. The minimum absolute atomic E-state index is 0.0708. The zero-order valence-electron chi connectivity index (χ0n) is 12.6. The second kappa shape index (κ2) is 6.65. The monoisotopic (exact) mass is 300 g/mol. The molecule has 3 heterocycles. The number of anilines is 1. The normalized spacial score (nSPS) is 20.0. The van der Waals surface area contributed by atoms with E-state index in [1.54, 1.807) is 24.7 Å². The molecule has 3 rings (SSSR count). The van der Waals surface area contributed by atoms with E-state index in [-0.39, 0.29) is 11.9 Å². The number of likely N-dealkylation sites (tertiary alicyclic amines) is 1. The van der Waals surface area contributed by atoms with Crippen LogP contribution >= 0.6 is 0 Å². The molecule has 0 saturated carbocycles. The highest BCUT2D eigenvalue weighted by atomic mass is 16.2. The molecule has 7 nitrogen and oxygen atoms in total. The van der Waals surface area contributed by atoms with Crippen LogP contribution < -0.4 is 5.32 Å². The van der Waals surface area contributed by atoms with Crippen molar-refractivity contribution in [2.45, 2.75) is 38.4 Å². The van der Waals surface area contributed by atoms with E-state index in [2.05, 4.69) is 25.3 Å². The number of nitrogens with one attached hydrogen (secondary N) is 1. The van der Waals surface area contributed by atoms with Crippen molar-refractivity contribution in [1.29, 1.82) is 0 Å². The third kappa shape index (κ3) is 3.30. The molecule has 2 atom stereocenters. The van der Waals surface area contributed by atoms with E-state index in [1.807, 2.05) is 23.9 Å². The molecule has 1 fully saturated rings. The van der Waals surface area contributed by atoms with E-state index >= 15 is 0 Å². The highest BCUT2D eigenvalue weighted by molar-refractivity contribution is 5.93. The van der Waals surface area contributed by atoms with E-state index < -0.39 is 0 Å². The number of amides is 1. The predicted octanol–water partition coefficient (Wildman–Crippen LogP) is 1.16. The SMILES string of the molecule is C[C@@H](C(=O)Nc1ncccn1)N1CCC[C@H]1Cn1cccn1. The Morgan fingerprint density at radius 1 is 1.36 bits per heavy atom. The van der Waals surface area contributed by atoms with Crippen molar-refractivity contribution in [3.8, 4) is 0 Å². The molecule has 2 aromatic heterocycles. The Morgan fingerprint density at radius 2 is 2.18 bits per heavy atom. The molecule has 0 aromatic carbocycles. The van der Waals surface area contributed by atoms with Gasteiger partial charge in [-0.05, 0) is 38.4 Å². The standard InChI is InChI=1S/C15H20N6O/c1-12(14(22)19-15-16-6-3-7-17-15)21-10-2-5-13(21)11-20-9-4-8-18-20/h3-4,6-9,12-13H,2,5,10-11H2,1H3,(H,16,17,19,22)/t12-,13-/m0/s1. The fraction of sp³-hybridized carbons (Fsp3) is 0.467. The van der Waals surface area contributed by atoms with Gasteiger partial charge in [0.1, 0.15) is 0 Å². The van der Waals surface area contributed by atoms with Crippen LogP contribution in [0.4, 0.5) is 5.95 Å². The molecule has 1 aliphatic heterocycles. The van der Waals surface area contributed by atoms with E-state index in [4.69, 9.17) is 0 Å². The van der Waals surface area contributed by atoms with Gasteiger partial charge in [0.2, 0.25) is 11.9 Å². The zero-order valence-corrected chi connectivity index (χ0v) is 12.6. The van der Waals surface area contributed by atoms with Crippen LogP contribution in [0.3, 0.4) is 0 Å². The summed E-state index contributed by atoms with van der Waals surface area (Å²) >= 11 is 0. The quantitative estimate of drug-likeness (QED) is 0.897. The smallest absolute Gasteiger partial charge is 0.243 e. The lowest BCUT2D eigenvalue weighted by Crippen LogP contribution is -2.46. The molecule has 0 aliphatic carbocycles. The van der Waals surface area contributed by atoms with Gasteiger partial charge in [-0.3, -0.25) is 19.7 Å². The lowest BCUT2D eigenvalue weighted by molar-refractivity contribution is -0.121. The number of nitrogens with zero attached hydrogens (tertiary/aromatic N) is 5. The second-order valence-electron chi connectivity index (χ2n) is 5.50. The van der Waals surface area contributed by atoms with Crippen LogP contribution in [0.25, 0.3) is 0 Å². The molecule has 1 amide bonds. The van der Waals surface area contributed by atoms with Gasteiger partial charge in [-0.1, -0.05) is 0 Å². The molecule has 22 heavy (non-hydrogen) atoms. The fourth-order valence-corrected chi connectivity index (χ4v) is 2.92. The van der Waals surface area contributed by atoms with Crippen molar-refractivity contribution in [3.05, 3.63) is 36.9 Å². The van der Waals surface area contributed by atoms with Gasteiger partial charge < -0.3 is 0 Å². The molecule has 0 bridgehead atoms. The van der Waals surface area contributed by atoms with Crippen molar-refractivity contribution < 1.29 is 4.79 Å². The largest absolute Gasteiger partial charge is 0.293 e. The summed E-state index contributed by atoms with van der Waals surface area (Å²) in [6, 6.07) is 3.76. The molecule has 0 unspecified atom stereocenters. The second-order valence-corrected chi connectivity index (χ2v) is 5.50. The summed E-state index contributed by atoms with van der Waals surface area (Å²) in [5.41, 5.74) is 0. The topological polar surface area (TPSA) is 75.9 Å². The molecule has 2 aromatic rings. The van der Waals surface area contributed by atoms with Crippen LogP contribution in [0.15, 0.2) is 36.9 Å². The Hall–Kier alpha value is -2.28. The number of hydrogen-bond donors (Lipinski definition) is 1. The van der Waals surface area contributed by atoms with Crippen molar-refractivity contribution in [2.24, 2.45) is 0 Å². The summed E-state index contributed by atoms with van der Waals surface area (Å²) in [6.45, 7) is 3.67. The summed E-state index contributed by atoms with van der Waals surface area (Å²) in [4.78, 5) is 22.7. The maximum Gasteiger partial charge on any atom is 0.243 e. The van der Waals surface area contributed by atoms with Gasteiger partial charge >= 0.3 is 0 Å². The fourth-order valence-electron chi connectivity index (χ4n) is 2.92. The lowest BCUT2D eigenvalue weighted by Gasteiger charge is -2.29. The Morgan fingerprint density at radius 3 is 2.91 bits per heavy atom. The number of carbonyl (C=O) groups excluding carboxylic acids is 1. The van der Waals surface area contributed by atoms with Gasteiger partial charge in [0.25, 0.3) is 0 Å². The zero-order chi connectivity index (χ0) is 15.4. The van der Waals surface area contributed by atoms with Gasteiger partial charge in [-0.2, -0.15) is 5.10 Å². The van der Waals surface area contributed by atoms with Crippen LogP contribution in [0.2, 0.25) is 0 Å². The first-order chi connectivity index (χ1) is 10.7. The molecular weight excluding hydrogens is 280 g/mol. The molecule has 7 heteroatoms. The maximum absolute atomic E-state index is 12.4. The molecule has 1 N–H and O–H groups in total. The van der Waals surface area contributed by atoms with Gasteiger partial charge in [-0.15, -0.1) is 0 Å². The molecule has 0 spiro atoms. The van der Waals surface area contributed by atoms with Crippen LogP contribution in [-0.4, -0.2) is 49.2 Å². The van der Waals surface area contributed by atoms with Crippen LogP contribution in [0.1, 0.15) is 19.8 Å². The lowest BCUT2D eigenvalue weighted by atomic mass is 10.2. The van der Waals surface area contributed by atoms with Crippen LogP contribution in [-0.2, 0) is 11.3 Å². The third-order valence-corrected chi connectivity index (χ3v) is 4.06. The first-order valence-corrected chi connectivity index (χ1v) is 7.55. The first-order valence-electron chi connectivity index (χ1n) is 7.55. The van der Waals surface area contributed by atoms with Crippen molar-refractivity contribution in [1.82, 2.24) is 24.6 Å². The maximum atomic E-state index is 12.4. The van der Waals surface area contributed by atoms with Crippen molar-refractivity contribution in [2.75, 3.05) is 11.9 Å². The van der Waals surface area contributed by atoms with E-state index in [1.165, 1.54) is 0 Å². The molecule has 1 aliphatic rings. The van der Waals surface area contributed by atoms with Crippen molar-refractivity contribution in [3.63, 3.8) is 0 Å². The number of carbonyl (C=O) groups is 1. The molecule has 116 valence electrons. The number of aromatic nitrogens is 4. The summed E-state index contributed by atoms with van der Waals surface area (Å²) in [5, 5.41) is 7.03. The highest BCUT2D eigenvalue weighted by Crippen LogP contribution is 2.22. The van der Waals surface area contributed by atoms with Crippen LogP contribution in [0, 0.1) is 0 Å². The highest BCUT2D eigenvalue weighted by Gasteiger charge is 2.32. The predicted molar refractivity (Wildman–Crippen MR) is 82.1 cm³/mol. The minimum atomic E-state index is -0.216. The van der Waals surface area contributed by atoms with Crippen LogP contribution in [0.5, 0.6) is 0 Å². The Labute approximate surface area is 129 Å². The number of hydrogen-bond acceptors (Lipinski definition) is 5. The molecule has 0 radical (unpaired) electrons. The number of rotatable bonds is 5. The van der Waals surface area contributed by atoms with Gasteiger partial charge in [-0.25, -0.2) is 9.97 Å². The van der Waals surface area contributed by atoms with E-state index in [9.17, 15) is 4.79 Å². The summed E-state index contributed by atoms with van der Waals surface area (Å²) in [6.07, 6.45) is 9.15. The third-order valence-electron chi connectivity index (χ3n) is 4.06. The Kier molecular flexibility index (Phi) is 4.43. The Bertz CT molecular complexity index is 600. The van der Waals surface area contributed by atoms with Gasteiger partial charge in [0.15, 0.2) is 0 Å².